The zero-order chi connectivity index (χ0) is 52.3. The maximum Gasteiger partial charge on any atom is 0.408 e. The third-order valence-corrected chi connectivity index (χ3v) is 10.7. The van der Waals surface area contributed by atoms with Gasteiger partial charge in [0, 0.05) is 32.5 Å². The fraction of sp³-hybridized carbons (Fsp3) is 0.569. The van der Waals surface area contributed by atoms with E-state index in [0.717, 1.165) is 5.56 Å². The number of esters is 1. The molecular formula is C51H75N7O12. The van der Waals surface area contributed by atoms with Crippen molar-refractivity contribution in [1.82, 2.24) is 36.8 Å². The largest absolute Gasteiger partial charge is 0.467 e. The average molecular weight is 978 g/mol. The van der Waals surface area contributed by atoms with Crippen LogP contribution in [0.5, 0.6) is 0 Å². The summed E-state index contributed by atoms with van der Waals surface area (Å²) in [7, 11) is 1.20. The number of amides is 7. The van der Waals surface area contributed by atoms with Gasteiger partial charge >= 0.3 is 24.2 Å². The summed E-state index contributed by atoms with van der Waals surface area (Å²) in [5, 5.41) is 16.4. The number of carbonyl (C=O) groups excluding carboxylic acids is 8. The van der Waals surface area contributed by atoms with Crippen molar-refractivity contribution in [2.24, 2.45) is 0 Å². The van der Waals surface area contributed by atoms with E-state index >= 15 is 0 Å². The standard InChI is InChI=1S/C51H75N7O12/c1-12-21-36(53-41(60)38(32-34-22-15-13-16-23-34)55-42(61)39(33-35-24-17-14-18-25-35)56-46(65)69-49(5,6)7)40(59)54-37(26-19-20-29-52-45(64)68-48(2,3)4)43(62)58-30-27-51(28-31-58,44(63)67-11)57-47(66)70-50(8,9)10/h12-18,22-25,36-39H,1,19-21,26-33H2,2-11H3,(H,52,64)(H,53,60)(H,54,59)(H,55,61)(H,56,65)(H,57,66)/t36-,37-,38-,39-/m1/s1. The lowest BCUT2D eigenvalue weighted by atomic mass is 9.87. The molecule has 3 rings (SSSR count). The van der Waals surface area contributed by atoms with Crippen LogP contribution in [0, 0.1) is 0 Å². The van der Waals surface area contributed by atoms with E-state index in [1.807, 2.05) is 6.07 Å². The summed E-state index contributed by atoms with van der Waals surface area (Å²) in [5.74, 6) is -3.31. The molecule has 0 spiro atoms. The van der Waals surface area contributed by atoms with Crippen LogP contribution < -0.4 is 31.9 Å². The number of hydrogen-bond acceptors (Lipinski definition) is 12. The molecule has 0 unspecified atom stereocenters. The molecule has 19 nitrogen and oxygen atoms in total. The number of methoxy groups -OCH3 is 1. The molecule has 1 fully saturated rings. The number of likely N-dealkylation sites (tertiary alicyclic amines) is 1. The highest BCUT2D eigenvalue weighted by Crippen LogP contribution is 2.26. The topological polar surface area (TPSA) is 249 Å². The van der Waals surface area contributed by atoms with E-state index in [4.69, 9.17) is 18.9 Å². The first-order valence-electron chi connectivity index (χ1n) is 23.7. The van der Waals surface area contributed by atoms with Crippen molar-refractivity contribution in [3.8, 4) is 0 Å². The molecule has 1 saturated heterocycles. The molecule has 2 aromatic rings. The Hall–Kier alpha value is -6.66. The lowest BCUT2D eigenvalue weighted by Gasteiger charge is -2.41. The summed E-state index contributed by atoms with van der Waals surface area (Å²) in [6, 6.07) is 13.1. The second-order valence-corrected chi connectivity index (χ2v) is 20.2. The van der Waals surface area contributed by atoms with Gasteiger partial charge in [-0.2, -0.15) is 0 Å². The predicted octanol–water partition coefficient (Wildman–Crippen LogP) is 5.15. The van der Waals surface area contributed by atoms with Gasteiger partial charge in [-0.3, -0.25) is 19.2 Å². The fourth-order valence-electron chi connectivity index (χ4n) is 7.42. The second-order valence-electron chi connectivity index (χ2n) is 20.2. The van der Waals surface area contributed by atoms with Crippen LogP contribution in [0.2, 0.25) is 0 Å². The lowest BCUT2D eigenvalue weighted by Crippen LogP contribution is -2.63. The third kappa shape index (κ3) is 20.5. The second kappa shape index (κ2) is 26.4. The normalized spacial score (nSPS) is 15.3. The van der Waals surface area contributed by atoms with Crippen molar-refractivity contribution in [2.45, 2.75) is 160 Å². The Morgan fingerprint density at radius 3 is 1.54 bits per heavy atom. The number of hydrogen-bond donors (Lipinski definition) is 6. The molecule has 7 amide bonds. The Bertz CT molecular complexity index is 2090. The van der Waals surface area contributed by atoms with Gasteiger partial charge in [0.2, 0.25) is 23.6 Å². The molecule has 0 aromatic heterocycles. The van der Waals surface area contributed by atoms with Crippen LogP contribution in [-0.4, -0.2) is 126 Å². The fourth-order valence-corrected chi connectivity index (χ4v) is 7.42. The Morgan fingerprint density at radius 2 is 1.06 bits per heavy atom. The van der Waals surface area contributed by atoms with E-state index in [2.05, 4.69) is 38.5 Å². The summed E-state index contributed by atoms with van der Waals surface area (Å²) in [6.07, 6.45) is 0.0292. The Labute approximate surface area is 412 Å². The molecule has 0 saturated carbocycles. The number of benzene rings is 2. The molecule has 1 heterocycles. The zero-order valence-electron chi connectivity index (χ0n) is 42.5. The van der Waals surface area contributed by atoms with E-state index in [9.17, 15) is 38.4 Å². The molecule has 19 heteroatoms. The van der Waals surface area contributed by atoms with Crippen molar-refractivity contribution in [2.75, 3.05) is 26.7 Å². The maximum atomic E-state index is 14.4. The molecular weight excluding hydrogens is 903 g/mol. The number of ether oxygens (including phenoxy) is 4. The van der Waals surface area contributed by atoms with E-state index in [-0.39, 0.29) is 58.2 Å². The highest BCUT2D eigenvalue weighted by molar-refractivity contribution is 5.96. The van der Waals surface area contributed by atoms with Crippen molar-refractivity contribution >= 4 is 47.9 Å². The molecule has 2 aromatic carbocycles. The van der Waals surface area contributed by atoms with Gasteiger partial charge in [0.25, 0.3) is 0 Å². The Kier molecular flexibility index (Phi) is 21.7. The minimum atomic E-state index is -1.49. The third-order valence-electron chi connectivity index (χ3n) is 10.7. The van der Waals surface area contributed by atoms with Gasteiger partial charge in [-0.05, 0) is 112 Å². The van der Waals surface area contributed by atoms with Gasteiger partial charge in [0.05, 0.1) is 7.11 Å². The van der Waals surface area contributed by atoms with Gasteiger partial charge in [0.1, 0.15) is 46.5 Å². The van der Waals surface area contributed by atoms with E-state index < -0.39 is 94.4 Å². The molecule has 6 N–H and O–H groups in total. The maximum absolute atomic E-state index is 14.4. The van der Waals surface area contributed by atoms with Crippen molar-refractivity contribution in [3.63, 3.8) is 0 Å². The first-order chi connectivity index (χ1) is 32.7. The van der Waals surface area contributed by atoms with Gasteiger partial charge in [-0.1, -0.05) is 66.7 Å². The van der Waals surface area contributed by atoms with Crippen LogP contribution in [0.1, 0.15) is 112 Å². The van der Waals surface area contributed by atoms with Crippen LogP contribution in [0.4, 0.5) is 14.4 Å². The summed E-state index contributed by atoms with van der Waals surface area (Å²) in [6.45, 7) is 19.4. The van der Waals surface area contributed by atoms with Crippen LogP contribution in [0.3, 0.4) is 0 Å². The van der Waals surface area contributed by atoms with E-state index in [1.165, 1.54) is 18.1 Å². The number of rotatable bonds is 21. The SMILES string of the molecule is C=CC[C@@H](NC(=O)[C@@H](Cc1ccccc1)NC(=O)[C@@H](Cc1ccccc1)NC(=O)OC(C)(C)C)C(=O)N[C@H](CCCCNC(=O)OC(C)(C)C)C(=O)N1CCC(NC(=O)OC(C)(C)C)(C(=O)OC)CC1. The lowest BCUT2D eigenvalue weighted by molar-refractivity contribution is -0.153. The monoisotopic (exact) mass is 978 g/mol. The molecule has 1 aliphatic rings. The first-order valence-corrected chi connectivity index (χ1v) is 23.7. The number of nitrogens with one attached hydrogen (secondary N) is 6. The molecule has 0 bridgehead atoms. The quantitative estimate of drug-likeness (QED) is 0.0412. The molecule has 0 radical (unpaired) electrons. The van der Waals surface area contributed by atoms with Crippen molar-refractivity contribution < 1.29 is 57.3 Å². The summed E-state index contributed by atoms with van der Waals surface area (Å²) < 4.78 is 21.3. The molecule has 70 heavy (non-hydrogen) atoms. The molecule has 386 valence electrons. The minimum absolute atomic E-state index is 0.00195. The van der Waals surface area contributed by atoms with Gasteiger partial charge in [0.15, 0.2) is 0 Å². The summed E-state index contributed by atoms with van der Waals surface area (Å²) >= 11 is 0. The minimum Gasteiger partial charge on any atom is -0.467 e. The number of nitrogens with zero attached hydrogens (tertiary/aromatic N) is 1. The zero-order valence-corrected chi connectivity index (χ0v) is 42.5. The first kappa shape index (κ1) is 57.7. The Morgan fingerprint density at radius 1 is 0.614 bits per heavy atom. The van der Waals surface area contributed by atoms with E-state index in [0.29, 0.717) is 18.4 Å². The van der Waals surface area contributed by atoms with Crippen LogP contribution in [-0.2, 0) is 55.8 Å². The number of carbonyl (C=O) groups is 8. The molecule has 0 aliphatic carbocycles. The van der Waals surface area contributed by atoms with Gasteiger partial charge in [-0.25, -0.2) is 19.2 Å². The van der Waals surface area contributed by atoms with Gasteiger partial charge < -0.3 is 55.7 Å². The number of piperidine rings is 1. The summed E-state index contributed by atoms with van der Waals surface area (Å²) in [4.78, 5) is 110. The van der Waals surface area contributed by atoms with Crippen molar-refractivity contribution in [3.05, 3.63) is 84.4 Å². The number of unbranched alkanes of at least 4 members (excludes halogenated alkanes) is 1. The highest BCUT2D eigenvalue weighted by Gasteiger charge is 2.46. The smallest absolute Gasteiger partial charge is 0.408 e. The molecule has 4 atom stereocenters. The van der Waals surface area contributed by atoms with Gasteiger partial charge in [-0.15, -0.1) is 6.58 Å². The van der Waals surface area contributed by atoms with Crippen molar-refractivity contribution in [1.29, 1.82) is 0 Å². The highest BCUT2D eigenvalue weighted by atomic mass is 16.6. The van der Waals surface area contributed by atoms with Crippen LogP contribution >= 0.6 is 0 Å². The van der Waals surface area contributed by atoms with Crippen LogP contribution in [0.15, 0.2) is 73.3 Å². The number of alkyl carbamates (subject to hydrolysis) is 3. The average Bonchev–Trinajstić information content (AvgIpc) is 3.26. The predicted molar refractivity (Wildman–Crippen MR) is 262 cm³/mol. The summed E-state index contributed by atoms with van der Waals surface area (Å²) in [5.41, 5.74) is -2.47. The van der Waals surface area contributed by atoms with Crippen LogP contribution in [0.25, 0.3) is 0 Å². The van der Waals surface area contributed by atoms with E-state index in [1.54, 1.807) is 117 Å². The Balaban J connectivity index is 1.88. The molecule has 1 aliphatic heterocycles.